The molecule has 0 atom stereocenters. The first-order chi connectivity index (χ1) is 11.7. The Bertz CT molecular complexity index is 854. The maximum absolute atomic E-state index is 10.6. The van der Waals surface area contributed by atoms with Gasteiger partial charge in [-0.1, -0.05) is 49.4 Å². The van der Waals surface area contributed by atoms with Crippen molar-refractivity contribution in [1.29, 1.82) is 0 Å². The van der Waals surface area contributed by atoms with Gasteiger partial charge in [-0.05, 0) is 34.6 Å². The number of rotatable bonds is 7. The van der Waals surface area contributed by atoms with E-state index in [1.54, 1.807) is 11.3 Å². The molecule has 0 fully saturated rings. The summed E-state index contributed by atoms with van der Waals surface area (Å²) < 4.78 is 1.30. The molecule has 3 nitrogen and oxygen atoms in total. The Labute approximate surface area is 146 Å². The molecule has 0 radical (unpaired) electrons. The summed E-state index contributed by atoms with van der Waals surface area (Å²) in [7, 11) is 0. The van der Waals surface area contributed by atoms with Crippen molar-refractivity contribution in [2.45, 2.75) is 26.3 Å². The first-order valence-corrected chi connectivity index (χ1v) is 9.03. The molecule has 0 unspecified atom stereocenters. The molecule has 1 aromatic heterocycles. The van der Waals surface area contributed by atoms with Crippen LogP contribution in [0.5, 0.6) is 0 Å². The molecule has 124 valence electrons. The van der Waals surface area contributed by atoms with Gasteiger partial charge in [0.25, 0.3) is 0 Å². The Hall–Kier alpha value is -2.17. The van der Waals surface area contributed by atoms with Crippen LogP contribution in [0, 0.1) is 0 Å². The maximum Gasteiger partial charge on any atom is 0.304 e. The van der Waals surface area contributed by atoms with Crippen LogP contribution in [0.2, 0.25) is 0 Å². The lowest BCUT2D eigenvalue weighted by Crippen LogP contribution is -2.16. The topological polar surface area (TPSA) is 49.3 Å². The molecule has 1 heterocycles. The number of aryl methyl sites for hydroxylation is 1. The van der Waals surface area contributed by atoms with Gasteiger partial charge in [0.1, 0.15) is 0 Å². The number of thiophene rings is 1. The lowest BCUT2D eigenvalue weighted by Gasteiger charge is -2.08. The minimum Gasteiger partial charge on any atom is -0.481 e. The summed E-state index contributed by atoms with van der Waals surface area (Å²) >= 11 is 1.79. The number of benzene rings is 2. The number of hydrogen-bond acceptors (Lipinski definition) is 3. The molecule has 2 aromatic carbocycles. The third-order valence-corrected chi connectivity index (χ3v) is 5.28. The van der Waals surface area contributed by atoms with E-state index in [0.29, 0.717) is 13.1 Å². The standard InChI is InChI=1S/C20H21NO2S/c1-2-14-6-3-4-8-17(14)18-9-5-7-15-12-16(24-20(15)18)13-21-11-10-19(22)23/h3-9,12,21H,2,10-11,13H2,1H3,(H,22,23). The van der Waals surface area contributed by atoms with Gasteiger partial charge < -0.3 is 10.4 Å². The molecular weight excluding hydrogens is 318 g/mol. The zero-order chi connectivity index (χ0) is 16.9. The van der Waals surface area contributed by atoms with Crippen LogP contribution in [0.4, 0.5) is 0 Å². The highest BCUT2D eigenvalue weighted by molar-refractivity contribution is 7.19. The van der Waals surface area contributed by atoms with E-state index in [9.17, 15) is 4.79 Å². The number of hydrogen-bond donors (Lipinski definition) is 2. The van der Waals surface area contributed by atoms with Gasteiger partial charge in [-0.15, -0.1) is 11.3 Å². The molecule has 0 aliphatic heterocycles. The molecule has 0 aliphatic rings. The minimum atomic E-state index is -0.766. The van der Waals surface area contributed by atoms with Crippen LogP contribution >= 0.6 is 11.3 Å². The van der Waals surface area contributed by atoms with Gasteiger partial charge in [0.2, 0.25) is 0 Å². The molecule has 0 aliphatic carbocycles. The Balaban J connectivity index is 1.89. The minimum absolute atomic E-state index is 0.153. The van der Waals surface area contributed by atoms with Gasteiger partial charge >= 0.3 is 5.97 Å². The van der Waals surface area contributed by atoms with E-state index in [1.807, 2.05) is 0 Å². The average Bonchev–Trinajstić information content (AvgIpc) is 3.01. The van der Waals surface area contributed by atoms with E-state index in [0.717, 1.165) is 6.42 Å². The van der Waals surface area contributed by atoms with Crippen molar-refractivity contribution < 1.29 is 9.90 Å². The van der Waals surface area contributed by atoms with Crippen molar-refractivity contribution in [2.24, 2.45) is 0 Å². The zero-order valence-corrected chi connectivity index (χ0v) is 14.5. The molecule has 4 heteroatoms. The van der Waals surface area contributed by atoms with Crippen LogP contribution in [0.3, 0.4) is 0 Å². The molecule has 0 spiro atoms. The third-order valence-electron chi connectivity index (χ3n) is 4.10. The van der Waals surface area contributed by atoms with Crippen LogP contribution in [-0.2, 0) is 17.8 Å². The summed E-state index contributed by atoms with van der Waals surface area (Å²) in [6.07, 6.45) is 1.17. The fraction of sp³-hybridized carbons (Fsp3) is 0.250. The molecule has 0 amide bonds. The molecule has 0 saturated heterocycles. The first kappa shape index (κ1) is 16.7. The van der Waals surface area contributed by atoms with Crippen LogP contribution in [-0.4, -0.2) is 17.6 Å². The van der Waals surface area contributed by atoms with Crippen molar-refractivity contribution in [3.8, 4) is 11.1 Å². The lowest BCUT2D eigenvalue weighted by atomic mass is 9.97. The monoisotopic (exact) mass is 339 g/mol. The highest BCUT2D eigenvalue weighted by Gasteiger charge is 2.10. The fourth-order valence-corrected chi connectivity index (χ4v) is 4.07. The Morgan fingerprint density at radius 1 is 1.12 bits per heavy atom. The Morgan fingerprint density at radius 2 is 1.92 bits per heavy atom. The number of aliphatic carboxylic acids is 1. The quantitative estimate of drug-likeness (QED) is 0.614. The summed E-state index contributed by atoms with van der Waals surface area (Å²) in [4.78, 5) is 11.8. The molecule has 2 N–H and O–H groups in total. The van der Waals surface area contributed by atoms with Gasteiger partial charge in [0.05, 0.1) is 6.42 Å². The van der Waals surface area contributed by atoms with E-state index in [4.69, 9.17) is 5.11 Å². The van der Waals surface area contributed by atoms with Gasteiger partial charge in [-0.3, -0.25) is 4.79 Å². The van der Waals surface area contributed by atoms with E-state index < -0.39 is 5.97 Å². The number of carboxylic acids is 1. The predicted octanol–water partition coefficient (Wildman–Crippen LogP) is 4.70. The smallest absolute Gasteiger partial charge is 0.304 e. The number of fused-ring (bicyclic) bond motifs is 1. The summed E-state index contributed by atoms with van der Waals surface area (Å²) in [6, 6.07) is 17.2. The van der Waals surface area contributed by atoms with Crippen LogP contribution in [0.1, 0.15) is 23.8 Å². The molecular formula is C20H21NO2S. The van der Waals surface area contributed by atoms with Crippen molar-refractivity contribution >= 4 is 27.4 Å². The van der Waals surface area contributed by atoms with Crippen molar-refractivity contribution in [1.82, 2.24) is 5.32 Å². The summed E-state index contributed by atoms with van der Waals surface area (Å²) in [5, 5.41) is 13.2. The number of nitrogens with one attached hydrogen (secondary N) is 1. The lowest BCUT2D eigenvalue weighted by molar-refractivity contribution is -0.136. The average molecular weight is 339 g/mol. The zero-order valence-electron chi connectivity index (χ0n) is 13.7. The summed E-state index contributed by atoms with van der Waals surface area (Å²) in [6.45, 7) is 3.39. The first-order valence-electron chi connectivity index (χ1n) is 8.21. The van der Waals surface area contributed by atoms with E-state index in [2.05, 4.69) is 60.8 Å². The second kappa shape index (κ2) is 7.60. The molecule has 0 saturated carbocycles. The fourth-order valence-electron chi connectivity index (χ4n) is 2.91. The van der Waals surface area contributed by atoms with Gasteiger partial charge in [-0.25, -0.2) is 0 Å². The Kier molecular flexibility index (Phi) is 5.28. The van der Waals surface area contributed by atoms with Crippen molar-refractivity contribution in [3.05, 3.63) is 59.0 Å². The van der Waals surface area contributed by atoms with Crippen LogP contribution in [0.25, 0.3) is 21.2 Å². The largest absolute Gasteiger partial charge is 0.481 e. The second-order valence-electron chi connectivity index (χ2n) is 5.77. The second-order valence-corrected chi connectivity index (χ2v) is 6.90. The maximum atomic E-state index is 10.6. The summed E-state index contributed by atoms with van der Waals surface area (Å²) in [5.74, 6) is -0.766. The normalized spacial score (nSPS) is 11.0. The van der Waals surface area contributed by atoms with Gasteiger partial charge in [-0.2, -0.15) is 0 Å². The van der Waals surface area contributed by atoms with E-state index in [-0.39, 0.29) is 6.42 Å². The highest BCUT2D eigenvalue weighted by atomic mass is 32.1. The third kappa shape index (κ3) is 3.66. The SMILES string of the molecule is CCc1ccccc1-c1cccc2cc(CNCCC(=O)O)sc12. The Morgan fingerprint density at radius 3 is 2.71 bits per heavy atom. The molecule has 24 heavy (non-hydrogen) atoms. The van der Waals surface area contributed by atoms with Crippen LogP contribution in [0.15, 0.2) is 48.5 Å². The predicted molar refractivity (Wildman–Crippen MR) is 101 cm³/mol. The van der Waals surface area contributed by atoms with E-state index >= 15 is 0 Å². The van der Waals surface area contributed by atoms with E-state index in [1.165, 1.54) is 31.7 Å². The number of carbonyl (C=O) groups is 1. The van der Waals surface area contributed by atoms with Crippen molar-refractivity contribution in [3.63, 3.8) is 0 Å². The van der Waals surface area contributed by atoms with Crippen molar-refractivity contribution in [2.75, 3.05) is 6.54 Å². The van der Waals surface area contributed by atoms with Gasteiger partial charge in [0, 0.05) is 22.7 Å². The molecule has 0 bridgehead atoms. The summed E-state index contributed by atoms with van der Waals surface area (Å²) in [5.41, 5.74) is 3.95. The number of carboxylic acid groups (broad SMARTS) is 1. The highest BCUT2D eigenvalue weighted by Crippen LogP contribution is 2.36. The molecule has 3 rings (SSSR count). The van der Waals surface area contributed by atoms with Gasteiger partial charge in [0.15, 0.2) is 0 Å². The molecule has 3 aromatic rings. The van der Waals surface area contributed by atoms with Crippen LogP contribution < -0.4 is 5.32 Å².